The zero-order valence-electron chi connectivity index (χ0n) is 7.64. The van der Waals surface area contributed by atoms with Gasteiger partial charge in [-0.1, -0.05) is 12.1 Å². The highest BCUT2D eigenvalue weighted by Crippen LogP contribution is 2.06. The van der Waals surface area contributed by atoms with Crippen LogP contribution in [0.4, 0.5) is 5.69 Å². The second kappa shape index (κ2) is 5.44. The Bertz CT molecular complexity index is 382. The van der Waals surface area contributed by atoms with Crippen LogP contribution in [0.3, 0.4) is 0 Å². The Labute approximate surface area is 82.8 Å². The van der Waals surface area contributed by atoms with Crippen LogP contribution in [0.15, 0.2) is 48.8 Å². The fraction of sp³-hybridized carbons (Fsp3) is 0. The zero-order valence-corrected chi connectivity index (χ0v) is 7.64. The average Bonchev–Trinajstić information content (AvgIpc) is 2.76. The lowest BCUT2D eigenvalue weighted by atomic mass is 10.2. The molecule has 0 atom stereocenters. The van der Waals surface area contributed by atoms with E-state index in [4.69, 9.17) is 11.0 Å². The summed E-state index contributed by atoms with van der Waals surface area (Å²) < 4.78 is 0. The van der Waals surface area contributed by atoms with Gasteiger partial charge in [-0.15, -0.1) is 0 Å². The van der Waals surface area contributed by atoms with Gasteiger partial charge in [0.25, 0.3) is 0 Å². The number of benzene rings is 1. The minimum Gasteiger partial charge on any atom is -0.398 e. The molecule has 0 saturated carbocycles. The lowest BCUT2D eigenvalue weighted by Crippen LogP contribution is -1.87. The fourth-order valence-corrected chi connectivity index (χ4v) is 0.877. The summed E-state index contributed by atoms with van der Waals surface area (Å²) >= 11 is 0. The number of nitriles is 1. The van der Waals surface area contributed by atoms with Crippen LogP contribution < -0.4 is 5.73 Å². The van der Waals surface area contributed by atoms with Crippen molar-refractivity contribution in [3.05, 3.63) is 54.4 Å². The summed E-state index contributed by atoms with van der Waals surface area (Å²) in [6.07, 6.45) is 3.75. The Balaban J connectivity index is 0.000000165. The number of nitrogens with zero attached hydrogens (tertiary/aromatic N) is 1. The number of hydrogen-bond donors (Lipinski definition) is 2. The normalized spacial score (nSPS) is 8.21. The molecule has 2 rings (SSSR count). The third kappa shape index (κ3) is 3.03. The molecule has 0 unspecified atom stereocenters. The van der Waals surface area contributed by atoms with E-state index in [1.54, 1.807) is 24.3 Å². The summed E-state index contributed by atoms with van der Waals surface area (Å²) in [5, 5.41) is 8.39. The number of H-pyrrole nitrogens is 1. The molecule has 0 aliphatic rings. The molecular formula is C11H11N3. The van der Waals surface area contributed by atoms with Gasteiger partial charge in [0.05, 0.1) is 5.56 Å². The van der Waals surface area contributed by atoms with Crippen LogP contribution in [0.25, 0.3) is 0 Å². The van der Waals surface area contributed by atoms with E-state index < -0.39 is 0 Å². The van der Waals surface area contributed by atoms with Crippen molar-refractivity contribution in [2.45, 2.75) is 0 Å². The fourth-order valence-electron chi connectivity index (χ4n) is 0.877. The Morgan fingerprint density at radius 2 is 1.71 bits per heavy atom. The van der Waals surface area contributed by atoms with E-state index in [0.717, 1.165) is 0 Å². The molecular weight excluding hydrogens is 174 g/mol. The third-order valence-corrected chi connectivity index (χ3v) is 1.58. The van der Waals surface area contributed by atoms with Crippen molar-refractivity contribution in [3.8, 4) is 6.07 Å². The number of nitrogens with two attached hydrogens (primary N) is 1. The largest absolute Gasteiger partial charge is 0.398 e. The molecule has 0 aliphatic carbocycles. The van der Waals surface area contributed by atoms with Crippen LogP contribution in [0.2, 0.25) is 0 Å². The van der Waals surface area contributed by atoms with Gasteiger partial charge in [-0.2, -0.15) is 5.26 Å². The van der Waals surface area contributed by atoms with Crippen molar-refractivity contribution in [1.82, 2.24) is 4.98 Å². The van der Waals surface area contributed by atoms with Gasteiger partial charge < -0.3 is 10.7 Å². The topological polar surface area (TPSA) is 65.6 Å². The van der Waals surface area contributed by atoms with Crippen LogP contribution in [0.5, 0.6) is 0 Å². The summed E-state index contributed by atoms with van der Waals surface area (Å²) in [4.78, 5) is 2.86. The van der Waals surface area contributed by atoms with E-state index in [2.05, 4.69) is 4.98 Å². The summed E-state index contributed by atoms with van der Waals surface area (Å²) in [7, 11) is 0. The van der Waals surface area contributed by atoms with Gasteiger partial charge >= 0.3 is 0 Å². The molecule has 0 bridgehead atoms. The van der Waals surface area contributed by atoms with Gasteiger partial charge in [0.1, 0.15) is 6.07 Å². The Kier molecular flexibility index (Phi) is 3.84. The van der Waals surface area contributed by atoms with Gasteiger partial charge in [-0.3, -0.25) is 0 Å². The molecule has 0 saturated heterocycles. The van der Waals surface area contributed by atoms with Crippen molar-refractivity contribution < 1.29 is 0 Å². The second-order valence-electron chi connectivity index (χ2n) is 2.58. The van der Waals surface area contributed by atoms with Crippen molar-refractivity contribution >= 4 is 5.69 Å². The van der Waals surface area contributed by atoms with E-state index in [9.17, 15) is 0 Å². The Morgan fingerprint density at radius 3 is 2.07 bits per heavy atom. The predicted octanol–water partition coefficient (Wildman–Crippen LogP) is 2.16. The molecule has 1 aromatic heterocycles. The third-order valence-electron chi connectivity index (χ3n) is 1.58. The summed E-state index contributed by atoms with van der Waals surface area (Å²) in [6.45, 7) is 0. The van der Waals surface area contributed by atoms with E-state index in [1.165, 1.54) is 0 Å². The van der Waals surface area contributed by atoms with Crippen molar-refractivity contribution in [3.63, 3.8) is 0 Å². The van der Waals surface area contributed by atoms with E-state index in [0.29, 0.717) is 11.3 Å². The zero-order chi connectivity index (χ0) is 10.2. The van der Waals surface area contributed by atoms with Gasteiger partial charge in [-0.05, 0) is 24.3 Å². The van der Waals surface area contributed by atoms with Crippen LogP contribution in [0.1, 0.15) is 5.56 Å². The van der Waals surface area contributed by atoms with Crippen molar-refractivity contribution in [2.24, 2.45) is 0 Å². The Morgan fingerprint density at radius 1 is 1.07 bits per heavy atom. The highest BCUT2D eigenvalue weighted by Gasteiger charge is 1.90. The molecule has 1 heterocycles. The molecule has 0 fully saturated rings. The van der Waals surface area contributed by atoms with Crippen LogP contribution in [-0.4, -0.2) is 4.98 Å². The van der Waals surface area contributed by atoms with Crippen LogP contribution >= 0.6 is 0 Å². The molecule has 0 amide bonds. The number of para-hydroxylation sites is 1. The molecule has 1 aromatic carbocycles. The summed E-state index contributed by atoms with van der Waals surface area (Å²) in [5.41, 5.74) is 6.49. The van der Waals surface area contributed by atoms with E-state index in [1.807, 2.05) is 30.6 Å². The Hall–Kier alpha value is -2.21. The van der Waals surface area contributed by atoms with Gasteiger partial charge in [0, 0.05) is 18.1 Å². The van der Waals surface area contributed by atoms with Gasteiger partial charge in [0.15, 0.2) is 0 Å². The minimum absolute atomic E-state index is 0.539. The van der Waals surface area contributed by atoms with Gasteiger partial charge in [0.2, 0.25) is 0 Å². The molecule has 70 valence electrons. The molecule has 14 heavy (non-hydrogen) atoms. The number of rotatable bonds is 0. The highest BCUT2D eigenvalue weighted by atomic mass is 14.6. The maximum absolute atomic E-state index is 8.39. The standard InChI is InChI=1S/C7H6N2.C4H5N/c8-5-6-3-1-2-4-7(6)9;1-2-4-5-3-1/h1-4H,9H2;1-5H. The summed E-state index contributed by atoms with van der Waals surface area (Å²) in [6, 6.07) is 12.8. The van der Waals surface area contributed by atoms with Gasteiger partial charge in [-0.25, -0.2) is 0 Å². The molecule has 0 spiro atoms. The summed E-state index contributed by atoms with van der Waals surface area (Å²) in [5.74, 6) is 0. The first-order valence-corrected chi connectivity index (χ1v) is 4.17. The number of aromatic nitrogens is 1. The number of nitrogen functional groups attached to an aromatic ring is 1. The second-order valence-corrected chi connectivity index (χ2v) is 2.58. The first kappa shape index (κ1) is 9.87. The highest BCUT2D eigenvalue weighted by molar-refractivity contribution is 5.53. The monoisotopic (exact) mass is 185 g/mol. The maximum atomic E-state index is 8.39. The maximum Gasteiger partial charge on any atom is 0.101 e. The van der Waals surface area contributed by atoms with E-state index >= 15 is 0 Å². The number of nitrogens with one attached hydrogen (secondary N) is 1. The first-order chi connectivity index (χ1) is 6.84. The number of anilines is 1. The minimum atomic E-state index is 0.539. The van der Waals surface area contributed by atoms with Crippen molar-refractivity contribution in [1.29, 1.82) is 5.26 Å². The molecule has 3 heteroatoms. The molecule has 2 aromatic rings. The molecule has 0 aliphatic heterocycles. The quantitative estimate of drug-likeness (QED) is 0.617. The number of hydrogen-bond acceptors (Lipinski definition) is 2. The molecule has 3 N–H and O–H groups in total. The number of aromatic amines is 1. The predicted molar refractivity (Wildman–Crippen MR) is 56.4 cm³/mol. The lowest BCUT2D eigenvalue weighted by Gasteiger charge is -1.91. The SMILES string of the molecule is N#Cc1ccccc1N.c1cc[nH]c1. The van der Waals surface area contributed by atoms with E-state index in [-0.39, 0.29) is 0 Å². The lowest BCUT2D eigenvalue weighted by molar-refractivity contribution is 1.42. The molecule has 3 nitrogen and oxygen atoms in total. The smallest absolute Gasteiger partial charge is 0.101 e. The van der Waals surface area contributed by atoms with Crippen molar-refractivity contribution in [2.75, 3.05) is 5.73 Å². The average molecular weight is 185 g/mol. The van der Waals surface area contributed by atoms with Crippen LogP contribution in [0, 0.1) is 11.3 Å². The van der Waals surface area contributed by atoms with Crippen LogP contribution in [-0.2, 0) is 0 Å². The first-order valence-electron chi connectivity index (χ1n) is 4.17. The molecule has 0 radical (unpaired) electrons.